The van der Waals surface area contributed by atoms with Crippen molar-refractivity contribution in [3.05, 3.63) is 81.4 Å². The van der Waals surface area contributed by atoms with Crippen molar-refractivity contribution in [2.24, 2.45) is 0 Å². The molecule has 0 saturated carbocycles. The van der Waals surface area contributed by atoms with Crippen LogP contribution in [0.1, 0.15) is 27.0 Å². The van der Waals surface area contributed by atoms with Gasteiger partial charge in [-0.1, -0.05) is 0 Å². The van der Waals surface area contributed by atoms with Gasteiger partial charge in [0, 0.05) is 36.1 Å². The van der Waals surface area contributed by atoms with Crippen LogP contribution >= 0.6 is 6.72 Å². The molecule has 4 atom stereocenters. The lowest BCUT2D eigenvalue weighted by Crippen LogP contribution is -2.50. The highest BCUT2D eigenvalue weighted by atomic mass is 32.5. The summed E-state index contributed by atoms with van der Waals surface area (Å²) in [5.41, 5.74) is 5.15. The van der Waals surface area contributed by atoms with Crippen LogP contribution in [0, 0.1) is 20.2 Å². The minimum atomic E-state index is -3.90. The number of nitrogen functional groups attached to an aromatic ring is 1. The number of nitrogens with zero attached hydrogens (tertiary/aromatic N) is 6. The van der Waals surface area contributed by atoms with Gasteiger partial charge in [0.15, 0.2) is 17.7 Å². The molecule has 1 fully saturated rings. The van der Waals surface area contributed by atoms with E-state index < -0.39 is 59.3 Å². The van der Waals surface area contributed by atoms with Crippen LogP contribution in [-0.4, -0.2) is 71.0 Å². The summed E-state index contributed by atoms with van der Waals surface area (Å²) in [6.45, 7) is 0.665. The number of anilines is 1. The van der Waals surface area contributed by atoms with Gasteiger partial charge in [-0.3, -0.25) is 29.3 Å². The van der Waals surface area contributed by atoms with Crippen molar-refractivity contribution in [2.75, 3.05) is 12.3 Å². The van der Waals surface area contributed by atoms with Crippen molar-refractivity contribution in [1.29, 1.82) is 0 Å². The number of rotatable bonds is 11. The number of alkyl carbamates (subject to hydrolysis) is 1. The second kappa shape index (κ2) is 13.6. The number of carbonyl (C=O) groups is 1. The summed E-state index contributed by atoms with van der Waals surface area (Å²) in [7, 11) is 0. The van der Waals surface area contributed by atoms with Crippen molar-refractivity contribution >= 4 is 53.0 Å². The fourth-order valence-electron chi connectivity index (χ4n) is 4.54. The number of non-ortho nitro benzene ring substituents is 2. The van der Waals surface area contributed by atoms with Crippen molar-refractivity contribution < 1.29 is 42.8 Å². The third-order valence-electron chi connectivity index (χ3n) is 6.65. The number of nitro groups is 2. The topological polar surface area (TPSA) is 251 Å². The average molecular weight is 705 g/mol. The van der Waals surface area contributed by atoms with E-state index in [2.05, 4.69) is 20.3 Å². The first kappa shape index (κ1) is 34.3. The van der Waals surface area contributed by atoms with Crippen LogP contribution in [-0.2, 0) is 25.8 Å². The lowest BCUT2D eigenvalue weighted by molar-refractivity contribution is -0.385. The number of aliphatic hydroxyl groups excluding tert-OH is 1. The highest BCUT2D eigenvalue weighted by Gasteiger charge is 2.47. The Labute approximate surface area is 276 Å². The predicted octanol–water partition coefficient (Wildman–Crippen LogP) is 3.78. The van der Waals surface area contributed by atoms with Crippen LogP contribution in [0.15, 0.2) is 61.2 Å². The lowest BCUT2D eigenvalue weighted by Gasteiger charge is -2.27. The maximum atomic E-state index is 12.8. The van der Waals surface area contributed by atoms with Crippen LogP contribution < -0.4 is 20.1 Å². The molecule has 0 unspecified atom stereocenters. The van der Waals surface area contributed by atoms with Gasteiger partial charge in [0.1, 0.15) is 41.2 Å². The number of ether oxygens (including phenoxy) is 2. The van der Waals surface area contributed by atoms with Gasteiger partial charge in [-0.05, 0) is 45.0 Å². The van der Waals surface area contributed by atoms with Crippen molar-refractivity contribution in [1.82, 2.24) is 24.8 Å². The molecule has 2 aromatic carbocycles. The molecule has 48 heavy (non-hydrogen) atoms. The summed E-state index contributed by atoms with van der Waals surface area (Å²) in [4.78, 5) is 46.2. The van der Waals surface area contributed by atoms with Gasteiger partial charge in [-0.15, -0.1) is 0 Å². The number of hydrogen-bond acceptors (Lipinski definition) is 16. The molecule has 0 spiro atoms. The van der Waals surface area contributed by atoms with Crippen molar-refractivity contribution in [3.63, 3.8) is 0 Å². The number of amides is 1. The third kappa shape index (κ3) is 7.92. The largest absolute Gasteiger partial charge is 0.444 e. The standard InChI is InChI=1S/C27H29N8O11PS/c1-27(2,3)44-26(37)32-20-19(43-25(22(20)36)33-14-31-21-23(28)29-13-30-24(21)33)12-42-47(48,45-17-8-4-15(5-9-17)34(38)39)46-18-10-6-16(7-11-18)35(40)41/h4-11,13-14,19-20,22,25,36H,12H2,1-3H3,(H,32,37)(H2,28,29,30)/t19-,20-,22-,25-/m1/s1. The number of fused-ring (bicyclic) bond motifs is 1. The number of hydrogen-bond donors (Lipinski definition) is 3. The number of nitrogens with one attached hydrogen (secondary N) is 1. The van der Waals surface area contributed by atoms with Crippen LogP contribution in [0.25, 0.3) is 11.2 Å². The molecule has 1 saturated heterocycles. The van der Waals surface area contributed by atoms with Crippen LogP contribution in [0.3, 0.4) is 0 Å². The summed E-state index contributed by atoms with van der Waals surface area (Å²) < 4.78 is 30.8. The predicted molar refractivity (Wildman–Crippen MR) is 170 cm³/mol. The lowest BCUT2D eigenvalue weighted by atomic mass is 10.1. The van der Waals surface area contributed by atoms with E-state index in [1.165, 1.54) is 65.8 Å². The second-order valence-electron chi connectivity index (χ2n) is 11.2. The Morgan fingerprint density at radius 1 is 1.04 bits per heavy atom. The van der Waals surface area contributed by atoms with E-state index in [4.69, 9.17) is 40.6 Å². The molecule has 4 N–H and O–H groups in total. The number of imidazole rings is 1. The van der Waals surface area contributed by atoms with E-state index in [-0.39, 0.29) is 39.9 Å². The Morgan fingerprint density at radius 2 is 1.60 bits per heavy atom. The normalized spacial score (nSPS) is 19.5. The maximum absolute atomic E-state index is 12.8. The number of carbonyl (C=O) groups excluding carboxylic acids is 1. The fourth-order valence-corrected chi connectivity index (χ4v) is 6.48. The Kier molecular flexibility index (Phi) is 9.74. The van der Waals surface area contributed by atoms with Gasteiger partial charge in [-0.25, -0.2) is 19.7 Å². The van der Waals surface area contributed by atoms with Gasteiger partial charge < -0.3 is 34.7 Å². The van der Waals surface area contributed by atoms with E-state index in [1.807, 2.05) is 0 Å². The van der Waals surface area contributed by atoms with E-state index in [0.717, 1.165) is 0 Å². The van der Waals surface area contributed by atoms with Gasteiger partial charge in [0.25, 0.3) is 11.4 Å². The fraction of sp³-hybridized carbons (Fsp3) is 0.333. The minimum Gasteiger partial charge on any atom is -0.444 e. The molecule has 5 rings (SSSR count). The molecule has 1 aliphatic heterocycles. The molecule has 1 amide bonds. The maximum Gasteiger partial charge on any atom is 0.435 e. The van der Waals surface area contributed by atoms with E-state index in [0.29, 0.717) is 0 Å². The summed E-state index contributed by atoms with van der Waals surface area (Å²) in [5, 5.41) is 36.3. The molecule has 19 nitrogen and oxygen atoms in total. The van der Waals surface area contributed by atoms with E-state index >= 15 is 0 Å². The Morgan fingerprint density at radius 3 is 2.12 bits per heavy atom. The molecule has 0 aliphatic carbocycles. The number of benzene rings is 2. The minimum absolute atomic E-state index is 0.0571. The van der Waals surface area contributed by atoms with Crippen molar-refractivity contribution in [3.8, 4) is 11.5 Å². The summed E-state index contributed by atoms with van der Waals surface area (Å²) in [5.74, 6) is 0.213. The highest BCUT2D eigenvalue weighted by Crippen LogP contribution is 2.51. The first-order chi connectivity index (χ1) is 22.6. The molecule has 254 valence electrons. The molecule has 21 heteroatoms. The molecule has 3 heterocycles. The number of nitrogens with two attached hydrogens (primary N) is 1. The summed E-state index contributed by atoms with van der Waals surface area (Å²) >= 11 is 5.68. The van der Waals surface area contributed by atoms with Crippen LogP contribution in [0.5, 0.6) is 11.5 Å². The molecule has 1 aliphatic rings. The third-order valence-corrected chi connectivity index (χ3v) is 8.74. The first-order valence-corrected chi connectivity index (χ1v) is 16.6. The van der Waals surface area contributed by atoms with Gasteiger partial charge >= 0.3 is 12.8 Å². The van der Waals surface area contributed by atoms with Crippen LogP contribution in [0.2, 0.25) is 0 Å². The SMILES string of the molecule is CC(C)(C)OC(=O)N[C@H]1[C@@H](O)[C@H](n2cnc3c(N)ncnc32)O[C@@H]1COP(=S)(Oc1ccc([N+](=O)[O-])cc1)Oc1ccc([N+](=O)[O-])cc1. The molecule has 4 aromatic rings. The quantitative estimate of drug-likeness (QED) is 0.114. The Bertz CT molecular complexity index is 1810. The van der Waals surface area contributed by atoms with Crippen LogP contribution in [0.4, 0.5) is 22.0 Å². The zero-order valence-electron chi connectivity index (χ0n) is 25.4. The summed E-state index contributed by atoms with van der Waals surface area (Å²) in [6.07, 6.45) is -1.98. The Balaban J connectivity index is 1.44. The second-order valence-corrected chi connectivity index (χ2v) is 14.1. The summed E-state index contributed by atoms with van der Waals surface area (Å²) in [6, 6.07) is 8.77. The average Bonchev–Trinajstić information content (AvgIpc) is 3.57. The van der Waals surface area contributed by atoms with E-state index in [1.54, 1.807) is 20.8 Å². The van der Waals surface area contributed by atoms with Gasteiger partial charge in [-0.2, -0.15) is 0 Å². The Hall–Kier alpha value is -5.01. The number of aliphatic hydroxyl groups is 1. The van der Waals surface area contributed by atoms with Gasteiger partial charge in [0.05, 0.1) is 28.8 Å². The number of aromatic nitrogens is 4. The number of nitro benzene ring substituents is 2. The van der Waals surface area contributed by atoms with E-state index in [9.17, 15) is 30.1 Å². The smallest absolute Gasteiger partial charge is 0.435 e. The molecule has 0 radical (unpaired) electrons. The van der Waals surface area contributed by atoms with Crippen molar-refractivity contribution in [2.45, 2.75) is 50.8 Å². The zero-order valence-corrected chi connectivity index (χ0v) is 27.1. The molecular formula is C27H29N8O11PS. The zero-order chi connectivity index (χ0) is 34.8. The molecule has 2 aromatic heterocycles. The monoisotopic (exact) mass is 704 g/mol. The highest BCUT2D eigenvalue weighted by molar-refractivity contribution is 8.07. The van der Waals surface area contributed by atoms with Gasteiger partial charge in [0.2, 0.25) is 0 Å². The first-order valence-electron chi connectivity index (χ1n) is 14.0. The molecular weight excluding hydrogens is 675 g/mol. The molecule has 0 bridgehead atoms.